The van der Waals surface area contributed by atoms with Crippen LogP contribution < -0.4 is 10.1 Å². The van der Waals surface area contributed by atoms with Gasteiger partial charge in [0.2, 0.25) is 11.8 Å². The second-order valence-electron chi connectivity index (χ2n) is 6.99. The molecule has 2 aromatic rings. The van der Waals surface area contributed by atoms with E-state index in [2.05, 4.69) is 16.3 Å². The Labute approximate surface area is 191 Å². The van der Waals surface area contributed by atoms with Gasteiger partial charge in [-0.25, -0.2) is 0 Å². The van der Waals surface area contributed by atoms with Crippen molar-refractivity contribution in [2.45, 2.75) is 23.5 Å². The maximum atomic E-state index is 12.8. The zero-order chi connectivity index (χ0) is 23.3. The Morgan fingerprint density at radius 1 is 1.28 bits per heavy atom. The van der Waals surface area contributed by atoms with Crippen molar-refractivity contribution in [3.8, 4) is 5.75 Å². The molecule has 1 aliphatic rings. The SMILES string of the molecule is C=CCN1C(=O)[C@@H](CC(=O)Nc2cccc(OC)c2)SC1=NS(=O)(=O)c1ccc(C)cc1. The molecule has 0 aliphatic carbocycles. The van der Waals surface area contributed by atoms with Crippen LogP contribution in [0, 0.1) is 6.92 Å². The second kappa shape index (κ2) is 10.0. The second-order valence-corrected chi connectivity index (χ2v) is 9.76. The van der Waals surface area contributed by atoms with Crippen LogP contribution in [0.25, 0.3) is 0 Å². The number of amidine groups is 1. The maximum Gasteiger partial charge on any atom is 0.284 e. The van der Waals surface area contributed by atoms with Gasteiger partial charge in [-0.15, -0.1) is 11.0 Å². The number of nitrogens with one attached hydrogen (secondary N) is 1. The van der Waals surface area contributed by atoms with Crippen molar-refractivity contribution < 1.29 is 22.7 Å². The summed E-state index contributed by atoms with van der Waals surface area (Å²) in [5.41, 5.74) is 1.45. The van der Waals surface area contributed by atoms with E-state index in [9.17, 15) is 18.0 Å². The Morgan fingerprint density at radius 3 is 2.66 bits per heavy atom. The number of rotatable bonds is 8. The molecule has 2 amide bonds. The molecule has 8 nitrogen and oxygen atoms in total. The first-order chi connectivity index (χ1) is 15.2. The van der Waals surface area contributed by atoms with E-state index >= 15 is 0 Å². The summed E-state index contributed by atoms with van der Waals surface area (Å²) in [5.74, 6) is -0.194. The van der Waals surface area contributed by atoms with Gasteiger partial charge >= 0.3 is 0 Å². The molecule has 1 N–H and O–H groups in total. The van der Waals surface area contributed by atoms with Crippen molar-refractivity contribution in [2.75, 3.05) is 19.0 Å². The lowest BCUT2D eigenvalue weighted by Gasteiger charge is -2.13. The first-order valence-corrected chi connectivity index (χ1v) is 12.0. The minimum absolute atomic E-state index is 0.0228. The van der Waals surface area contributed by atoms with Crippen LogP contribution in [0.5, 0.6) is 5.75 Å². The summed E-state index contributed by atoms with van der Waals surface area (Å²) in [6.07, 6.45) is 1.34. The van der Waals surface area contributed by atoms with Gasteiger partial charge < -0.3 is 10.1 Å². The number of amides is 2. The monoisotopic (exact) mass is 473 g/mol. The highest BCUT2D eigenvalue weighted by Gasteiger charge is 2.39. The number of ether oxygens (including phenoxy) is 1. The lowest BCUT2D eigenvalue weighted by Crippen LogP contribution is -2.33. The third-order valence-corrected chi connectivity index (χ3v) is 7.15. The summed E-state index contributed by atoms with van der Waals surface area (Å²) in [6.45, 7) is 5.55. The van der Waals surface area contributed by atoms with Crippen molar-refractivity contribution in [1.82, 2.24) is 4.90 Å². The molecule has 2 aromatic carbocycles. The summed E-state index contributed by atoms with van der Waals surface area (Å²) in [4.78, 5) is 26.6. The molecule has 168 valence electrons. The average molecular weight is 474 g/mol. The molecule has 1 saturated heterocycles. The van der Waals surface area contributed by atoms with E-state index in [1.54, 1.807) is 36.4 Å². The Kier molecular flexibility index (Phi) is 7.37. The quantitative estimate of drug-likeness (QED) is 0.591. The molecule has 1 aliphatic heterocycles. The van der Waals surface area contributed by atoms with E-state index in [-0.39, 0.29) is 28.9 Å². The molecule has 32 heavy (non-hydrogen) atoms. The molecule has 0 spiro atoms. The van der Waals surface area contributed by atoms with Crippen LogP contribution in [0.4, 0.5) is 5.69 Å². The molecule has 1 heterocycles. The number of carbonyl (C=O) groups excluding carboxylic acids is 2. The Balaban J connectivity index is 1.78. The minimum Gasteiger partial charge on any atom is -0.497 e. The van der Waals surface area contributed by atoms with Crippen molar-refractivity contribution >= 4 is 44.5 Å². The predicted molar refractivity (Wildman–Crippen MR) is 125 cm³/mol. The standard InChI is InChI=1S/C22H23N3O5S2/c1-4-12-25-21(27)19(14-20(26)23-16-6-5-7-17(13-16)30-3)31-22(25)24-32(28,29)18-10-8-15(2)9-11-18/h4-11,13,19H,1,12,14H2,2-3H3,(H,23,26)/t19-/m1/s1. The van der Waals surface area contributed by atoms with E-state index in [0.717, 1.165) is 17.3 Å². The number of hydrogen-bond acceptors (Lipinski definition) is 6. The molecule has 0 unspecified atom stereocenters. The van der Waals surface area contributed by atoms with Crippen LogP contribution in [-0.2, 0) is 19.6 Å². The summed E-state index contributed by atoms with van der Waals surface area (Å²) in [5, 5.41) is 1.95. The number of hydrogen-bond donors (Lipinski definition) is 1. The summed E-state index contributed by atoms with van der Waals surface area (Å²) >= 11 is 0.952. The largest absolute Gasteiger partial charge is 0.497 e. The zero-order valence-electron chi connectivity index (χ0n) is 17.6. The topological polar surface area (TPSA) is 105 Å². The van der Waals surface area contributed by atoms with Crippen molar-refractivity contribution in [3.05, 3.63) is 66.7 Å². The minimum atomic E-state index is -4.02. The molecule has 3 rings (SSSR count). The first-order valence-electron chi connectivity index (χ1n) is 9.68. The summed E-state index contributed by atoms with van der Waals surface area (Å²) < 4.78 is 34.5. The average Bonchev–Trinajstić information content (AvgIpc) is 3.02. The van der Waals surface area contributed by atoms with Crippen LogP contribution in [0.2, 0.25) is 0 Å². The molecule has 1 atom stereocenters. The number of nitrogens with zero attached hydrogens (tertiary/aromatic N) is 2. The van der Waals surface area contributed by atoms with Gasteiger partial charge in [-0.05, 0) is 31.2 Å². The van der Waals surface area contributed by atoms with Crippen LogP contribution in [0.15, 0.2) is 70.5 Å². The van der Waals surface area contributed by atoms with Crippen LogP contribution in [0.3, 0.4) is 0 Å². The number of aryl methyl sites for hydroxylation is 1. The number of thioether (sulfide) groups is 1. The smallest absolute Gasteiger partial charge is 0.284 e. The van der Waals surface area contributed by atoms with Crippen LogP contribution in [0.1, 0.15) is 12.0 Å². The van der Waals surface area contributed by atoms with Crippen LogP contribution in [-0.4, -0.2) is 49.2 Å². The number of sulfonamides is 1. The van der Waals surface area contributed by atoms with Crippen LogP contribution >= 0.6 is 11.8 Å². The lowest BCUT2D eigenvalue weighted by molar-refractivity contribution is -0.127. The zero-order valence-corrected chi connectivity index (χ0v) is 19.3. The number of methoxy groups -OCH3 is 1. The summed E-state index contributed by atoms with van der Waals surface area (Å²) in [6, 6.07) is 13.1. The Morgan fingerprint density at radius 2 is 2.00 bits per heavy atom. The molecule has 10 heteroatoms. The summed E-state index contributed by atoms with van der Waals surface area (Å²) in [7, 11) is -2.50. The lowest BCUT2D eigenvalue weighted by atomic mass is 10.2. The van der Waals surface area contributed by atoms with Gasteiger partial charge in [0.05, 0.1) is 12.0 Å². The number of benzene rings is 2. The highest BCUT2D eigenvalue weighted by molar-refractivity contribution is 8.16. The van der Waals surface area contributed by atoms with Gasteiger partial charge in [-0.1, -0.05) is 41.6 Å². The highest BCUT2D eigenvalue weighted by atomic mass is 32.2. The van der Waals surface area contributed by atoms with E-state index in [0.29, 0.717) is 11.4 Å². The molecular weight excluding hydrogens is 450 g/mol. The van der Waals surface area contributed by atoms with E-state index in [4.69, 9.17) is 4.74 Å². The highest BCUT2D eigenvalue weighted by Crippen LogP contribution is 2.31. The Hall–Kier alpha value is -3.11. The molecule has 0 saturated carbocycles. The number of carbonyl (C=O) groups is 2. The number of anilines is 1. The predicted octanol–water partition coefficient (Wildman–Crippen LogP) is 3.21. The molecule has 0 aromatic heterocycles. The normalized spacial score (nSPS) is 17.4. The van der Waals surface area contributed by atoms with Crippen molar-refractivity contribution in [3.63, 3.8) is 0 Å². The maximum absolute atomic E-state index is 12.8. The molecular formula is C22H23N3O5S2. The fraction of sp³-hybridized carbons (Fsp3) is 0.227. The fourth-order valence-corrected chi connectivity index (χ4v) is 5.32. The molecule has 0 bridgehead atoms. The van der Waals surface area contributed by atoms with Gasteiger partial charge in [0.1, 0.15) is 11.0 Å². The van der Waals surface area contributed by atoms with Crippen molar-refractivity contribution in [1.29, 1.82) is 0 Å². The van der Waals surface area contributed by atoms with Gasteiger partial charge in [0, 0.05) is 24.7 Å². The van der Waals surface area contributed by atoms with E-state index in [1.165, 1.54) is 30.2 Å². The van der Waals surface area contributed by atoms with E-state index < -0.39 is 21.2 Å². The third kappa shape index (κ3) is 5.57. The first kappa shape index (κ1) is 23.6. The fourth-order valence-electron chi connectivity index (χ4n) is 2.95. The Bertz CT molecular complexity index is 1160. The van der Waals surface area contributed by atoms with E-state index in [1.807, 2.05) is 6.92 Å². The van der Waals surface area contributed by atoms with Gasteiger partial charge in [-0.2, -0.15) is 8.42 Å². The van der Waals surface area contributed by atoms with Crippen molar-refractivity contribution in [2.24, 2.45) is 4.40 Å². The molecule has 1 fully saturated rings. The van der Waals surface area contributed by atoms with Gasteiger partial charge in [-0.3, -0.25) is 14.5 Å². The third-order valence-electron chi connectivity index (χ3n) is 4.57. The molecule has 0 radical (unpaired) electrons. The van der Waals surface area contributed by atoms with Gasteiger partial charge in [0.25, 0.3) is 10.0 Å². The van der Waals surface area contributed by atoms with Gasteiger partial charge in [0.15, 0.2) is 5.17 Å².